The normalized spacial score (nSPS) is 33.1. The predicted octanol–water partition coefficient (Wildman–Crippen LogP) is -0.516. The van der Waals surface area contributed by atoms with Gasteiger partial charge in [0.05, 0.1) is 0 Å². The van der Waals surface area contributed by atoms with Gasteiger partial charge >= 0.3 is 0 Å². The zero-order chi connectivity index (χ0) is 11.9. The molecule has 17 heavy (non-hydrogen) atoms. The highest BCUT2D eigenvalue weighted by Crippen LogP contribution is 2.45. The number of thioether (sulfide) groups is 1. The van der Waals surface area contributed by atoms with Crippen molar-refractivity contribution in [3.05, 3.63) is 0 Å². The summed E-state index contributed by atoms with van der Waals surface area (Å²) >= 11 is 1.66. The van der Waals surface area contributed by atoms with Crippen LogP contribution in [0, 0.1) is 0 Å². The van der Waals surface area contributed by atoms with E-state index in [0.29, 0.717) is 12.8 Å². The molecule has 0 aromatic rings. The van der Waals surface area contributed by atoms with E-state index >= 15 is 0 Å². The Balaban J connectivity index is 1.82. The zero-order valence-electron chi connectivity index (χ0n) is 9.78. The van der Waals surface area contributed by atoms with Crippen LogP contribution in [-0.4, -0.2) is 65.0 Å². The molecule has 1 atom stereocenters. The van der Waals surface area contributed by atoms with Crippen LogP contribution in [0.2, 0.25) is 0 Å². The van der Waals surface area contributed by atoms with Gasteiger partial charge in [0.25, 0.3) is 5.91 Å². The van der Waals surface area contributed by atoms with Crippen molar-refractivity contribution in [2.24, 2.45) is 0 Å². The Bertz CT molecular complexity index is 357. The largest absolute Gasteiger partial charge is 0.337 e. The van der Waals surface area contributed by atoms with Gasteiger partial charge < -0.3 is 15.1 Å². The number of amides is 2. The molecule has 1 unspecified atom stereocenters. The Morgan fingerprint density at radius 1 is 1.29 bits per heavy atom. The van der Waals surface area contributed by atoms with Crippen LogP contribution in [-0.2, 0) is 9.59 Å². The van der Waals surface area contributed by atoms with Gasteiger partial charge in [0, 0.05) is 44.9 Å². The first-order valence-corrected chi connectivity index (χ1v) is 7.17. The van der Waals surface area contributed by atoms with Gasteiger partial charge in [0.2, 0.25) is 5.91 Å². The van der Waals surface area contributed by atoms with E-state index < -0.39 is 4.87 Å². The number of hydrogen-bond donors (Lipinski definition) is 1. The van der Waals surface area contributed by atoms with Crippen molar-refractivity contribution < 1.29 is 9.59 Å². The third kappa shape index (κ3) is 1.65. The number of piperazine rings is 1. The second kappa shape index (κ2) is 4.17. The van der Waals surface area contributed by atoms with E-state index in [1.807, 2.05) is 9.80 Å². The Hall–Kier alpha value is -0.750. The summed E-state index contributed by atoms with van der Waals surface area (Å²) in [6, 6.07) is 0. The maximum Gasteiger partial charge on any atom is 0.259 e. The van der Waals surface area contributed by atoms with Crippen LogP contribution in [0.1, 0.15) is 12.8 Å². The molecule has 0 spiro atoms. The second-order valence-corrected chi connectivity index (χ2v) is 6.09. The highest BCUT2D eigenvalue weighted by molar-refractivity contribution is 8.01. The van der Waals surface area contributed by atoms with E-state index in [0.717, 1.165) is 38.5 Å². The van der Waals surface area contributed by atoms with Gasteiger partial charge in [-0.1, -0.05) is 0 Å². The van der Waals surface area contributed by atoms with Crippen molar-refractivity contribution in [3.63, 3.8) is 0 Å². The summed E-state index contributed by atoms with van der Waals surface area (Å²) < 4.78 is 0. The van der Waals surface area contributed by atoms with Gasteiger partial charge in [-0.2, -0.15) is 0 Å². The molecule has 3 saturated heterocycles. The molecule has 2 amide bonds. The van der Waals surface area contributed by atoms with Crippen LogP contribution in [0.4, 0.5) is 0 Å². The van der Waals surface area contributed by atoms with Gasteiger partial charge in [0.1, 0.15) is 0 Å². The first kappa shape index (κ1) is 11.3. The molecule has 0 aromatic heterocycles. The molecule has 0 bridgehead atoms. The molecule has 6 heteroatoms. The lowest BCUT2D eigenvalue weighted by Crippen LogP contribution is -2.57. The summed E-state index contributed by atoms with van der Waals surface area (Å²) in [5.41, 5.74) is 0. The van der Waals surface area contributed by atoms with E-state index in [-0.39, 0.29) is 11.8 Å². The molecule has 94 valence electrons. The maximum atomic E-state index is 12.6. The molecule has 5 nitrogen and oxygen atoms in total. The van der Waals surface area contributed by atoms with Crippen LogP contribution in [0.3, 0.4) is 0 Å². The first-order chi connectivity index (χ1) is 8.24. The Morgan fingerprint density at radius 3 is 2.82 bits per heavy atom. The summed E-state index contributed by atoms with van der Waals surface area (Å²) in [4.78, 5) is 27.6. The fourth-order valence-corrected chi connectivity index (χ4v) is 4.37. The topological polar surface area (TPSA) is 52.7 Å². The highest BCUT2D eigenvalue weighted by Gasteiger charge is 2.55. The quantitative estimate of drug-likeness (QED) is 0.685. The molecule has 3 aliphatic rings. The number of fused-ring (bicyclic) bond motifs is 1. The lowest BCUT2D eigenvalue weighted by atomic mass is 10.1. The molecule has 3 fully saturated rings. The number of nitrogens with zero attached hydrogens (tertiary/aromatic N) is 2. The van der Waals surface area contributed by atoms with Crippen LogP contribution in [0.25, 0.3) is 0 Å². The van der Waals surface area contributed by atoms with E-state index in [1.54, 1.807) is 11.8 Å². The van der Waals surface area contributed by atoms with Crippen LogP contribution < -0.4 is 5.32 Å². The third-order valence-corrected chi connectivity index (χ3v) is 5.27. The number of carbonyl (C=O) groups excluding carboxylic acids is 2. The molecule has 3 aliphatic heterocycles. The van der Waals surface area contributed by atoms with Crippen molar-refractivity contribution in [3.8, 4) is 0 Å². The van der Waals surface area contributed by atoms with E-state index in [1.165, 1.54) is 0 Å². The monoisotopic (exact) mass is 255 g/mol. The van der Waals surface area contributed by atoms with Gasteiger partial charge in [-0.15, -0.1) is 11.8 Å². The van der Waals surface area contributed by atoms with E-state index in [4.69, 9.17) is 0 Å². The summed E-state index contributed by atoms with van der Waals surface area (Å²) in [5.74, 6) is 1.20. The summed E-state index contributed by atoms with van der Waals surface area (Å²) in [6.45, 7) is 3.99. The maximum absolute atomic E-state index is 12.6. The van der Waals surface area contributed by atoms with Crippen molar-refractivity contribution >= 4 is 23.6 Å². The molecule has 0 aliphatic carbocycles. The van der Waals surface area contributed by atoms with Crippen molar-refractivity contribution in [2.45, 2.75) is 17.7 Å². The molecule has 0 saturated carbocycles. The molecule has 1 N–H and O–H groups in total. The van der Waals surface area contributed by atoms with Crippen molar-refractivity contribution in [1.82, 2.24) is 15.1 Å². The summed E-state index contributed by atoms with van der Waals surface area (Å²) in [5, 5.41) is 3.25. The van der Waals surface area contributed by atoms with Crippen molar-refractivity contribution in [1.29, 1.82) is 0 Å². The SMILES string of the molecule is O=C1CCC2(C(=O)N3CCNCC3)SCCN12. The molecular formula is C11H17N3O2S. The van der Waals surface area contributed by atoms with Crippen LogP contribution in [0.5, 0.6) is 0 Å². The Labute approximate surface area is 105 Å². The fourth-order valence-electron chi connectivity index (χ4n) is 2.91. The van der Waals surface area contributed by atoms with Gasteiger partial charge in [-0.05, 0) is 6.42 Å². The molecular weight excluding hydrogens is 238 g/mol. The third-order valence-electron chi connectivity index (χ3n) is 3.81. The molecule has 0 aromatic carbocycles. The smallest absolute Gasteiger partial charge is 0.259 e. The molecule has 0 radical (unpaired) electrons. The average Bonchev–Trinajstić information content (AvgIpc) is 2.92. The molecule has 3 heterocycles. The van der Waals surface area contributed by atoms with Gasteiger partial charge in [-0.25, -0.2) is 0 Å². The lowest BCUT2D eigenvalue weighted by molar-refractivity contribution is -0.142. The Morgan fingerprint density at radius 2 is 2.06 bits per heavy atom. The number of rotatable bonds is 1. The number of nitrogens with one attached hydrogen (secondary N) is 1. The Kier molecular flexibility index (Phi) is 2.78. The minimum atomic E-state index is -0.547. The minimum absolute atomic E-state index is 0.151. The summed E-state index contributed by atoms with van der Waals surface area (Å²) in [6.07, 6.45) is 1.23. The standard InChI is InChI=1S/C11H17N3O2S/c15-9-1-2-11(14(9)7-8-17-11)10(16)13-5-3-12-4-6-13/h12H,1-8H2. The van der Waals surface area contributed by atoms with Crippen molar-refractivity contribution in [2.75, 3.05) is 38.5 Å². The summed E-state index contributed by atoms with van der Waals surface area (Å²) in [7, 11) is 0. The van der Waals surface area contributed by atoms with Gasteiger partial charge in [-0.3, -0.25) is 9.59 Å². The zero-order valence-corrected chi connectivity index (χ0v) is 10.6. The van der Waals surface area contributed by atoms with Crippen LogP contribution >= 0.6 is 11.8 Å². The fraction of sp³-hybridized carbons (Fsp3) is 0.818. The number of hydrogen-bond acceptors (Lipinski definition) is 4. The van der Waals surface area contributed by atoms with E-state index in [9.17, 15) is 9.59 Å². The predicted molar refractivity (Wildman–Crippen MR) is 65.6 cm³/mol. The average molecular weight is 255 g/mol. The lowest BCUT2D eigenvalue weighted by Gasteiger charge is -2.37. The number of carbonyl (C=O) groups is 2. The van der Waals surface area contributed by atoms with Crippen LogP contribution in [0.15, 0.2) is 0 Å². The first-order valence-electron chi connectivity index (χ1n) is 6.18. The molecule has 3 rings (SSSR count). The van der Waals surface area contributed by atoms with Gasteiger partial charge in [0.15, 0.2) is 4.87 Å². The minimum Gasteiger partial charge on any atom is -0.337 e. The second-order valence-electron chi connectivity index (χ2n) is 4.72. The van der Waals surface area contributed by atoms with E-state index in [2.05, 4.69) is 5.32 Å². The highest BCUT2D eigenvalue weighted by atomic mass is 32.2.